The van der Waals surface area contributed by atoms with Crippen molar-refractivity contribution in [2.45, 2.75) is 50.5 Å². The van der Waals surface area contributed by atoms with Crippen molar-refractivity contribution in [2.24, 2.45) is 0 Å². The van der Waals surface area contributed by atoms with E-state index in [0.717, 1.165) is 36.3 Å². The van der Waals surface area contributed by atoms with E-state index in [-0.39, 0.29) is 6.61 Å². The molecule has 1 aliphatic carbocycles. The van der Waals surface area contributed by atoms with Gasteiger partial charge in [0.05, 0.1) is 5.60 Å². The number of unbranched alkanes of at least 4 members (excludes halogenated alkanes) is 1. The maximum atomic E-state index is 9.53. The Morgan fingerprint density at radius 3 is 1.80 bits per heavy atom. The van der Waals surface area contributed by atoms with Crippen LogP contribution in [0, 0.1) is 0 Å². The number of aliphatic hydroxyl groups excluding tert-OH is 1. The van der Waals surface area contributed by atoms with Crippen molar-refractivity contribution in [3.63, 3.8) is 0 Å². The van der Waals surface area contributed by atoms with Crippen LogP contribution in [0.15, 0.2) is 0 Å². The Hall–Kier alpha value is 0.880. The van der Waals surface area contributed by atoms with Crippen LogP contribution in [0.3, 0.4) is 0 Å². The van der Waals surface area contributed by atoms with Gasteiger partial charge in [-0.25, -0.2) is 0 Å². The van der Waals surface area contributed by atoms with Crippen LogP contribution in [0.2, 0.25) is 0 Å². The first-order chi connectivity index (χ1) is 7.18. The molecule has 0 aromatic heterocycles. The van der Waals surface area contributed by atoms with Gasteiger partial charge in [0, 0.05) is 17.3 Å². The predicted octanol–water partition coefficient (Wildman–Crippen LogP) is 3.23. The summed E-state index contributed by atoms with van der Waals surface area (Å²) in [5.74, 6) is 0. The lowest BCUT2D eigenvalue weighted by Crippen LogP contribution is -2.24. The van der Waals surface area contributed by atoms with Gasteiger partial charge in [0.2, 0.25) is 0 Å². The lowest BCUT2D eigenvalue weighted by Gasteiger charge is -2.19. The minimum Gasteiger partial charge on any atom is -0.396 e. The van der Waals surface area contributed by atoms with E-state index >= 15 is 0 Å². The maximum Gasteiger partial charge on any atom is 0.0669 e. The fourth-order valence-corrected chi connectivity index (χ4v) is 2.47. The van der Waals surface area contributed by atoms with Crippen molar-refractivity contribution in [2.75, 3.05) is 17.3 Å². The Morgan fingerprint density at radius 2 is 1.47 bits per heavy atom. The lowest BCUT2D eigenvalue weighted by atomic mass is 9.99. The Balaban J connectivity index is 0.000000288. The minimum absolute atomic E-state index is 0.122. The number of halogens is 2. The number of hydrogen-bond acceptors (Lipinski definition) is 2. The smallest absolute Gasteiger partial charge is 0.0669 e. The van der Waals surface area contributed by atoms with Gasteiger partial charge in [-0.15, -0.1) is 0 Å². The zero-order valence-corrected chi connectivity index (χ0v) is 12.4. The van der Waals surface area contributed by atoms with Gasteiger partial charge in [-0.05, 0) is 32.1 Å². The second-order valence-electron chi connectivity index (χ2n) is 3.99. The van der Waals surface area contributed by atoms with Crippen molar-refractivity contribution in [3.05, 3.63) is 0 Å². The van der Waals surface area contributed by atoms with E-state index in [1.807, 2.05) is 0 Å². The summed E-state index contributed by atoms with van der Waals surface area (Å²) in [5.41, 5.74) is -0.505. The molecule has 92 valence electrons. The summed E-state index contributed by atoms with van der Waals surface area (Å²) in [7, 11) is 0. The Bertz CT molecular complexity index is 133. The molecule has 0 bridgehead atoms. The van der Waals surface area contributed by atoms with Crippen molar-refractivity contribution in [1.82, 2.24) is 0 Å². The van der Waals surface area contributed by atoms with Crippen LogP contribution in [-0.4, -0.2) is 33.1 Å². The standard InChI is InChI=1S/C7H14O2.C4H8Br2/c8-6-5-7(9)3-1-2-4-7;5-3-1-2-4-6/h8-9H,1-6H2;1-4H2. The van der Waals surface area contributed by atoms with Gasteiger partial charge >= 0.3 is 0 Å². The molecule has 1 saturated carbocycles. The zero-order valence-electron chi connectivity index (χ0n) is 9.22. The number of hydrogen-bond donors (Lipinski definition) is 2. The fourth-order valence-electron chi connectivity index (χ4n) is 1.68. The first-order valence-corrected chi connectivity index (χ1v) is 7.88. The minimum atomic E-state index is -0.505. The fraction of sp³-hybridized carbons (Fsp3) is 1.00. The number of alkyl halides is 2. The third-order valence-corrected chi connectivity index (χ3v) is 3.75. The second-order valence-corrected chi connectivity index (χ2v) is 5.58. The van der Waals surface area contributed by atoms with Gasteiger partial charge in [0.25, 0.3) is 0 Å². The van der Waals surface area contributed by atoms with Crippen LogP contribution < -0.4 is 0 Å². The molecule has 1 rings (SSSR count). The van der Waals surface area contributed by atoms with Gasteiger partial charge in [0.1, 0.15) is 0 Å². The summed E-state index contributed by atoms with van der Waals surface area (Å²) in [6.45, 7) is 0.122. The highest BCUT2D eigenvalue weighted by Crippen LogP contribution is 2.31. The Morgan fingerprint density at radius 1 is 1.00 bits per heavy atom. The van der Waals surface area contributed by atoms with E-state index in [2.05, 4.69) is 31.9 Å². The largest absolute Gasteiger partial charge is 0.396 e. The van der Waals surface area contributed by atoms with Crippen LogP contribution in [0.5, 0.6) is 0 Å². The highest BCUT2D eigenvalue weighted by molar-refractivity contribution is 9.09. The Labute approximate surface area is 110 Å². The molecule has 0 radical (unpaired) electrons. The molecule has 15 heavy (non-hydrogen) atoms. The summed E-state index contributed by atoms with van der Waals surface area (Å²) in [6, 6.07) is 0. The van der Waals surface area contributed by atoms with Gasteiger partial charge < -0.3 is 10.2 Å². The zero-order chi connectivity index (χ0) is 11.6. The first-order valence-electron chi connectivity index (χ1n) is 5.64. The summed E-state index contributed by atoms with van der Waals surface area (Å²) in [4.78, 5) is 0. The Kier molecular flexibility index (Phi) is 10.7. The molecular weight excluding hydrogens is 324 g/mol. The van der Waals surface area contributed by atoms with E-state index in [4.69, 9.17) is 5.11 Å². The van der Waals surface area contributed by atoms with Gasteiger partial charge in [-0.3, -0.25) is 0 Å². The van der Waals surface area contributed by atoms with E-state index in [1.54, 1.807) is 0 Å². The monoisotopic (exact) mass is 344 g/mol. The van der Waals surface area contributed by atoms with Crippen molar-refractivity contribution >= 4 is 31.9 Å². The molecule has 2 nitrogen and oxygen atoms in total. The SMILES string of the molecule is BrCCCCBr.OCCC1(O)CCCC1. The quantitative estimate of drug-likeness (QED) is 0.593. The molecule has 1 fully saturated rings. The topological polar surface area (TPSA) is 40.5 Å². The maximum absolute atomic E-state index is 9.53. The van der Waals surface area contributed by atoms with E-state index in [1.165, 1.54) is 12.8 Å². The molecule has 0 heterocycles. The van der Waals surface area contributed by atoms with E-state index in [9.17, 15) is 5.11 Å². The van der Waals surface area contributed by atoms with Crippen LogP contribution in [0.25, 0.3) is 0 Å². The summed E-state index contributed by atoms with van der Waals surface area (Å²) in [6.07, 6.45) is 7.14. The molecule has 0 saturated heterocycles. The normalized spacial score (nSPS) is 18.4. The molecule has 4 heteroatoms. The average molecular weight is 346 g/mol. The highest BCUT2D eigenvalue weighted by atomic mass is 79.9. The summed E-state index contributed by atoms with van der Waals surface area (Å²) >= 11 is 6.66. The van der Waals surface area contributed by atoms with Gasteiger partial charge in [0.15, 0.2) is 0 Å². The third-order valence-electron chi connectivity index (χ3n) is 2.63. The number of aliphatic hydroxyl groups is 2. The van der Waals surface area contributed by atoms with Crippen LogP contribution in [-0.2, 0) is 0 Å². The third kappa shape index (κ3) is 8.66. The number of rotatable bonds is 5. The molecule has 0 aliphatic heterocycles. The first kappa shape index (κ1) is 15.9. The molecular formula is C11H22Br2O2. The van der Waals surface area contributed by atoms with Crippen LogP contribution in [0.1, 0.15) is 44.9 Å². The van der Waals surface area contributed by atoms with Gasteiger partial charge in [-0.2, -0.15) is 0 Å². The molecule has 2 N–H and O–H groups in total. The predicted molar refractivity (Wildman–Crippen MR) is 71.9 cm³/mol. The molecule has 0 aromatic rings. The molecule has 0 atom stereocenters. The molecule has 0 unspecified atom stereocenters. The van der Waals surface area contributed by atoms with Crippen molar-refractivity contribution < 1.29 is 10.2 Å². The second kappa shape index (κ2) is 10.1. The van der Waals surface area contributed by atoms with E-state index in [0.29, 0.717) is 6.42 Å². The lowest BCUT2D eigenvalue weighted by molar-refractivity contribution is 0.0225. The van der Waals surface area contributed by atoms with Crippen LogP contribution in [0.4, 0.5) is 0 Å². The highest BCUT2D eigenvalue weighted by Gasteiger charge is 2.29. The van der Waals surface area contributed by atoms with Gasteiger partial charge in [-0.1, -0.05) is 44.7 Å². The molecule has 0 amide bonds. The average Bonchev–Trinajstić information content (AvgIpc) is 2.63. The van der Waals surface area contributed by atoms with E-state index < -0.39 is 5.60 Å². The summed E-state index contributed by atoms with van der Waals surface area (Å²) in [5, 5.41) is 20.3. The van der Waals surface area contributed by atoms with Crippen LogP contribution >= 0.6 is 31.9 Å². The summed E-state index contributed by atoms with van der Waals surface area (Å²) < 4.78 is 0. The molecule has 1 aliphatic rings. The van der Waals surface area contributed by atoms with Crippen molar-refractivity contribution in [3.8, 4) is 0 Å². The molecule has 0 spiro atoms. The molecule has 0 aromatic carbocycles. The van der Waals surface area contributed by atoms with Crippen molar-refractivity contribution in [1.29, 1.82) is 0 Å².